The maximum Gasteiger partial charge on any atom is 0.252 e. The number of aromatic nitrogens is 4. The first kappa shape index (κ1) is 22.5. The van der Waals surface area contributed by atoms with Crippen LogP contribution in [0.3, 0.4) is 0 Å². The van der Waals surface area contributed by atoms with Gasteiger partial charge >= 0.3 is 0 Å². The van der Waals surface area contributed by atoms with Crippen LogP contribution in [0, 0.1) is 11.3 Å². The monoisotopic (exact) mass is 481 g/mol. The van der Waals surface area contributed by atoms with Gasteiger partial charge in [-0.25, -0.2) is 9.97 Å². The first-order valence-corrected chi connectivity index (χ1v) is 11.2. The van der Waals surface area contributed by atoms with E-state index in [9.17, 15) is 15.2 Å². The van der Waals surface area contributed by atoms with Crippen molar-refractivity contribution in [2.75, 3.05) is 0 Å². The lowest BCUT2D eigenvalue weighted by Crippen LogP contribution is -2.31. The molecule has 1 unspecified atom stereocenters. The average molecular weight is 482 g/mol. The smallest absolute Gasteiger partial charge is 0.252 e. The number of imidazole rings is 1. The third kappa shape index (κ3) is 3.69. The number of nitrogens with zero attached hydrogens (tertiary/aromatic N) is 5. The molecule has 2 aromatic carbocycles. The van der Waals surface area contributed by atoms with E-state index in [1.165, 1.54) is 10.6 Å². The van der Waals surface area contributed by atoms with Crippen LogP contribution in [0.15, 0.2) is 84.2 Å². The van der Waals surface area contributed by atoms with Crippen molar-refractivity contribution in [2.45, 2.75) is 5.60 Å². The molecule has 7 nitrogen and oxygen atoms in total. The Labute approximate surface area is 206 Å². The number of hydrogen-bond donors (Lipinski definition) is 1. The maximum atomic E-state index is 12.7. The lowest BCUT2D eigenvalue weighted by molar-refractivity contribution is 0.117. The molecule has 0 saturated carbocycles. The zero-order chi connectivity index (χ0) is 24.7. The van der Waals surface area contributed by atoms with Gasteiger partial charge in [-0.15, -0.1) is 0 Å². The summed E-state index contributed by atoms with van der Waals surface area (Å²) in [5.41, 5.74) is 2.07. The number of halogens is 1. The molecule has 0 aliphatic carbocycles. The zero-order valence-electron chi connectivity index (χ0n) is 19.0. The number of nitriles is 1. The fourth-order valence-electron chi connectivity index (χ4n) is 4.38. The first-order valence-electron chi connectivity index (χ1n) is 10.8. The lowest BCUT2D eigenvalue weighted by atomic mass is 9.83. The Balaban J connectivity index is 1.84. The van der Waals surface area contributed by atoms with Crippen LogP contribution in [0.2, 0.25) is 5.02 Å². The SMILES string of the molecule is Cn1cncc1C(O)(c1ccc(Cl)cc1)c1cnc2c(c1)c(-c1cccc(C#N)c1)cc(=O)n2C. The summed E-state index contributed by atoms with van der Waals surface area (Å²) in [6.45, 7) is 0. The van der Waals surface area contributed by atoms with Crippen LogP contribution in [0.1, 0.15) is 22.4 Å². The summed E-state index contributed by atoms with van der Waals surface area (Å²) in [4.78, 5) is 21.5. The molecule has 3 aromatic heterocycles. The highest BCUT2D eigenvalue weighted by atomic mass is 35.5. The molecule has 0 amide bonds. The third-order valence-electron chi connectivity index (χ3n) is 6.24. The van der Waals surface area contributed by atoms with Gasteiger partial charge in [0.2, 0.25) is 0 Å². The molecule has 3 heterocycles. The normalized spacial score (nSPS) is 12.9. The van der Waals surface area contributed by atoms with E-state index >= 15 is 0 Å². The molecule has 5 rings (SSSR count). The van der Waals surface area contributed by atoms with E-state index in [1.54, 1.807) is 79.8 Å². The Kier molecular flexibility index (Phi) is 5.48. The molecule has 5 aromatic rings. The van der Waals surface area contributed by atoms with Crippen molar-refractivity contribution < 1.29 is 5.11 Å². The summed E-state index contributed by atoms with van der Waals surface area (Å²) in [7, 11) is 3.46. The van der Waals surface area contributed by atoms with Crippen molar-refractivity contribution in [3.05, 3.63) is 117 Å². The van der Waals surface area contributed by atoms with Gasteiger partial charge in [0.25, 0.3) is 5.56 Å². The van der Waals surface area contributed by atoms with Crippen LogP contribution < -0.4 is 5.56 Å². The Morgan fingerprint density at radius 1 is 1.03 bits per heavy atom. The zero-order valence-corrected chi connectivity index (χ0v) is 19.7. The second kappa shape index (κ2) is 8.51. The average Bonchev–Trinajstić information content (AvgIpc) is 3.32. The third-order valence-corrected chi connectivity index (χ3v) is 6.49. The molecular formula is C27H20ClN5O2. The number of benzene rings is 2. The predicted octanol–water partition coefficient (Wildman–Crippen LogP) is 4.14. The second-order valence-corrected chi connectivity index (χ2v) is 8.79. The summed E-state index contributed by atoms with van der Waals surface area (Å²) in [5, 5.41) is 22.8. The van der Waals surface area contributed by atoms with Gasteiger partial charge in [0.1, 0.15) is 5.65 Å². The molecule has 1 N–H and O–H groups in total. The Morgan fingerprint density at radius 3 is 2.49 bits per heavy atom. The molecule has 35 heavy (non-hydrogen) atoms. The molecular weight excluding hydrogens is 462 g/mol. The molecule has 0 saturated heterocycles. The highest BCUT2D eigenvalue weighted by molar-refractivity contribution is 6.30. The van der Waals surface area contributed by atoms with Crippen molar-refractivity contribution in [3.63, 3.8) is 0 Å². The highest BCUT2D eigenvalue weighted by Crippen LogP contribution is 2.38. The Morgan fingerprint density at radius 2 is 1.80 bits per heavy atom. The number of fused-ring (bicyclic) bond motifs is 1. The van der Waals surface area contributed by atoms with Crippen LogP contribution in [-0.2, 0) is 19.7 Å². The van der Waals surface area contributed by atoms with Crippen molar-refractivity contribution in [2.24, 2.45) is 14.1 Å². The number of aryl methyl sites for hydroxylation is 2. The summed E-state index contributed by atoms with van der Waals surface area (Å²) in [5.74, 6) is 0. The van der Waals surface area contributed by atoms with E-state index in [-0.39, 0.29) is 5.56 Å². The maximum absolute atomic E-state index is 12.7. The second-order valence-electron chi connectivity index (χ2n) is 8.35. The minimum Gasteiger partial charge on any atom is -0.374 e. The van der Waals surface area contributed by atoms with Gasteiger partial charge in [0, 0.05) is 42.3 Å². The van der Waals surface area contributed by atoms with Crippen LogP contribution >= 0.6 is 11.6 Å². The molecule has 0 spiro atoms. The van der Waals surface area contributed by atoms with E-state index in [0.717, 1.165) is 0 Å². The number of rotatable bonds is 4. The Hall–Kier alpha value is -4.25. The topological polar surface area (TPSA) is 96.7 Å². The molecule has 0 aliphatic heterocycles. The molecule has 172 valence electrons. The van der Waals surface area contributed by atoms with Crippen molar-refractivity contribution >= 4 is 22.6 Å². The van der Waals surface area contributed by atoms with Gasteiger partial charge < -0.3 is 9.67 Å². The fourth-order valence-corrected chi connectivity index (χ4v) is 4.50. The van der Waals surface area contributed by atoms with Crippen LogP contribution in [-0.4, -0.2) is 24.2 Å². The fraction of sp³-hybridized carbons (Fsp3) is 0.111. The molecule has 0 bridgehead atoms. The summed E-state index contributed by atoms with van der Waals surface area (Å²) < 4.78 is 3.21. The lowest BCUT2D eigenvalue weighted by Gasteiger charge is -2.30. The van der Waals surface area contributed by atoms with E-state index in [1.807, 2.05) is 12.1 Å². The molecule has 0 fully saturated rings. The first-order chi connectivity index (χ1) is 16.8. The van der Waals surface area contributed by atoms with E-state index in [4.69, 9.17) is 11.6 Å². The number of aliphatic hydroxyl groups is 1. The summed E-state index contributed by atoms with van der Waals surface area (Å²) in [6.07, 6.45) is 4.79. The quantitative estimate of drug-likeness (QED) is 0.416. The standard InChI is InChI=1S/C27H20ClN5O2/c1-32-16-30-15-24(32)27(35,19-6-8-21(28)9-7-19)20-11-23-22(18-5-3-4-17(10-18)13-29)12-25(34)33(2)26(23)31-14-20/h3-12,14-16,35H,1-2H3. The van der Waals surface area contributed by atoms with Crippen LogP contribution in [0.4, 0.5) is 0 Å². The largest absolute Gasteiger partial charge is 0.374 e. The number of pyridine rings is 2. The van der Waals surface area contributed by atoms with Gasteiger partial charge in [-0.2, -0.15) is 5.26 Å². The summed E-state index contributed by atoms with van der Waals surface area (Å²) >= 11 is 6.12. The van der Waals surface area contributed by atoms with Gasteiger partial charge in [-0.1, -0.05) is 35.9 Å². The Bertz CT molecular complexity index is 1680. The van der Waals surface area contributed by atoms with Gasteiger partial charge in [0.15, 0.2) is 5.60 Å². The minimum absolute atomic E-state index is 0.227. The van der Waals surface area contributed by atoms with Crippen molar-refractivity contribution in [1.29, 1.82) is 5.26 Å². The van der Waals surface area contributed by atoms with Gasteiger partial charge in [-0.05, 0) is 47.0 Å². The number of hydrogen-bond acceptors (Lipinski definition) is 5. The van der Waals surface area contributed by atoms with Crippen LogP contribution in [0.25, 0.3) is 22.2 Å². The van der Waals surface area contributed by atoms with Crippen molar-refractivity contribution in [1.82, 2.24) is 19.1 Å². The predicted molar refractivity (Wildman–Crippen MR) is 134 cm³/mol. The van der Waals surface area contributed by atoms with Gasteiger partial charge in [0.05, 0.1) is 29.9 Å². The van der Waals surface area contributed by atoms with Crippen LogP contribution in [0.5, 0.6) is 0 Å². The molecule has 0 aliphatic rings. The van der Waals surface area contributed by atoms with Gasteiger partial charge in [-0.3, -0.25) is 9.36 Å². The highest BCUT2D eigenvalue weighted by Gasteiger charge is 2.37. The van der Waals surface area contributed by atoms with E-state index in [0.29, 0.717) is 49.6 Å². The van der Waals surface area contributed by atoms with Crippen molar-refractivity contribution in [3.8, 4) is 17.2 Å². The van der Waals surface area contributed by atoms with E-state index < -0.39 is 5.60 Å². The minimum atomic E-state index is -1.60. The summed E-state index contributed by atoms with van der Waals surface area (Å²) in [6, 6.07) is 19.5. The molecule has 8 heteroatoms. The van der Waals surface area contributed by atoms with E-state index in [2.05, 4.69) is 16.0 Å². The molecule has 0 radical (unpaired) electrons. The molecule has 1 atom stereocenters.